The Hall–Kier alpha value is -2.64. The van der Waals surface area contributed by atoms with E-state index < -0.39 is 0 Å². The van der Waals surface area contributed by atoms with Crippen molar-refractivity contribution in [3.05, 3.63) is 88.7 Å². The third kappa shape index (κ3) is 4.68. The number of thioether (sulfide) groups is 1. The second kappa shape index (κ2) is 9.24. The highest BCUT2D eigenvalue weighted by Crippen LogP contribution is 2.30. The van der Waals surface area contributed by atoms with Crippen molar-refractivity contribution in [1.29, 1.82) is 0 Å². The second-order valence-corrected chi connectivity index (χ2v) is 8.17. The van der Waals surface area contributed by atoms with Gasteiger partial charge in [0, 0.05) is 23.7 Å². The minimum atomic E-state index is 0.708. The van der Waals surface area contributed by atoms with E-state index in [9.17, 15) is 0 Å². The number of hydrogen-bond acceptors (Lipinski definition) is 5. The minimum absolute atomic E-state index is 0.708. The molecule has 0 bridgehead atoms. The molecule has 0 fully saturated rings. The zero-order valence-corrected chi connectivity index (χ0v) is 18.2. The first-order valence-corrected chi connectivity index (χ1v) is 10.8. The molecule has 0 aliphatic carbocycles. The smallest absolute Gasteiger partial charge is 0.192 e. The number of aromatic nitrogens is 4. The fourth-order valence-corrected chi connectivity index (χ4v) is 4.43. The van der Waals surface area contributed by atoms with E-state index >= 15 is 0 Å². The van der Waals surface area contributed by atoms with Gasteiger partial charge in [-0.1, -0.05) is 48.2 Å². The molecule has 0 amide bonds. The predicted molar refractivity (Wildman–Crippen MR) is 119 cm³/mol. The maximum Gasteiger partial charge on any atom is 0.192 e. The summed E-state index contributed by atoms with van der Waals surface area (Å²) in [4.78, 5) is 4.11. The Morgan fingerprint density at radius 2 is 1.76 bits per heavy atom. The maximum absolute atomic E-state index is 5.32. The Labute approximate surface area is 182 Å². The van der Waals surface area contributed by atoms with Crippen molar-refractivity contribution in [2.24, 2.45) is 0 Å². The van der Waals surface area contributed by atoms with E-state index in [4.69, 9.17) is 4.74 Å². The van der Waals surface area contributed by atoms with Gasteiger partial charge in [-0.15, -0.1) is 10.2 Å². The summed E-state index contributed by atoms with van der Waals surface area (Å²) in [5.41, 5.74) is 3.39. The third-order valence-corrected chi connectivity index (χ3v) is 6.08. The lowest BCUT2D eigenvalue weighted by molar-refractivity contribution is 0.412. The monoisotopic (exact) mass is 466 g/mol. The van der Waals surface area contributed by atoms with Crippen LogP contribution in [0.1, 0.15) is 11.1 Å². The highest BCUT2D eigenvalue weighted by Gasteiger charge is 2.15. The van der Waals surface area contributed by atoms with Crippen molar-refractivity contribution in [2.45, 2.75) is 17.5 Å². The van der Waals surface area contributed by atoms with Gasteiger partial charge in [-0.25, -0.2) is 0 Å². The van der Waals surface area contributed by atoms with Crippen molar-refractivity contribution in [3.8, 4) is 17.1 Å². The lowest BCUT2D eigenvalue weighted by atomic mass is 10.2. The molecule has 7 heteroatoms. The van der Waals surface area contributed by atoms with Crippen LogP contribution in [0.2, 0.25) is 0 Å². The molecule has 0 aliphatic rings. The summed E-state index contributed by atoms with van der Waals surface area (Å²) in [6.45, 7) is 0.708. The molecule has 4 rings (SSSR count). The summed E-state index contributed by atoms with van der Waals surface area (Å²) in [6.07, 6.45) is 3.55. The van der Waals surface area contributed by atoms with E-state index in [1.54, 1.807) is 31.3 Å². The van der Waals surface area contributed by atoms with Gasteiger partial charge < -0.3 is 4.74 Å². The van der Waals surface area contributed by atoms with Crippen molar-refractivity contribution >= 4 is 27.7 Å². The topological polar surface area (TPSA) is 52.8 Å². The Morgan fingerprint density at radius 3 is 2.48 bits per heavy atom. The number of ether oxygens (including phenoxy) is 1. The minimum Gasteiger partial charge on any atom is -0.496 e. The van der Waals surface area contributed by atoms with Crippen LogP contribution in [-0.4, -0.2) is 26.9 Å². The number of rotatable bonds is 7. The molecule has 0 saturated carbocycles. The SMILES string of the molecule is COc1ccc(CSc2nnc(-c3ccncc3)n2Cc2ccccc2)cc1Br. The molecule has 2 aromatic heterocycles. The molecule has 146 valence electrons. The number of benzene rings is 2. The van der Waals surface area contributed by atoms with E-state index in [0.717, 1.165) is 32.5 Å². The normalized spacial score (nSPS) is 10.8. The largest absolute Gasteiger partial charge is 0.496 e. The predicted octanol–water partition coefficient (Wildman–Crippen LogP) is 5.45. The molecular weight excluding hydrogens is 448 g/mol. The quantitative estimate of drug-likeness (QED) is 0.338. The fraction of sp³-hybridized carbons (Fsp3) is 0.136. The van der Waals surface area contributed by atoms with Crippen LogP contribution in [-0.2, 0) is 12.3 Å². The molecule has 0 spiro atoms. The van der Waals surface area contributed by atoms with Crippen LogP contribution in [0.25, 0.3) is 11.4 Å². The highest BCUT2D eigenvalue weighted by atomic mass is 79.9. The molecule has 0 radical (unpaired) electrons. The lowest BCUT2D eigenvalue weighted by Crippen LogP contribution is -2.04. The van der Waals surface area contributed by atoms with Crippen LogP contribution < -0.4 is 4.74 Å². The van der Waals surface area contributed by atoms with E-state index in [1.165, 1.54) is 11.1 Å². The Bertz CT molecular complexity index is 1090. The summed E-state index contributed by atoms with van der Waals surface area (Å²) < 4.78 is 8.42. The zero-order chi connectivity index (χ0) is 20.1. The van der Waals surface area contributed by atoms with Crippen LogP contribution in [0.4, 0.5) is 0 Å². The molecule has 0 N–H and O–H groups in total. The zero-order valence-electron chi connectivity index (χ0n) is 15.8. The first kappa shape index (κ1) is 19.7. The Balaban J connectivity index is 1.62. The average Bonchev–Trinajstić information content (AvgIpc) is 3.16. The van der Waals surface area contributed by atoms with Gasteiger partial charge in [0.15, 0.2) is 11.0 Å². The number of pyridine rings is 1. The number of halogens is 1. The van der Waals surface area contributed by atoms with Crippen molar-refractivity contribution in [2.75, 3.05) is 7.11 Å². The van der Waals surface area contributed by atoms with E-state index in [1.807, 2.05) is 36.4 Å². The molecule has 0 saturated heterocycles. The fourth-order valence-electron chi connectivity index (χ4n) is 2.97. The molecule has 0 unspecified atom stereocenters. The van der Waals surface area contributed by atoms with Gasteiger partial charge >= 0.3 is 0 Å². The molecule has 29 heavy (non-hydrogen) atoms. The Morgan fingerprint density at radius 1 is 0.966 bits per heavy atom. The van der Waals surface area contributed by atoms with Gasteiger partial charge in [0.1, 0.15) is 5.75 Å². The molecule has 0 atom stereocenters. The molecule has 2 aromatic carbocycles. The first-order chi connectivity index (χ1) is 14.2. The molecule has 2 heterocycles. The van der Waals surface area contributed by atoms with E-state index in [-0.39, 0.29) is 0 Å². The van der Waals surface area contributed by atoms with Gasteiger partial charge in [0.05, 0.1) is 18.1 Å². The summed E-state index contributed by atoms with van der Waals surface area (Å²) in [7, 11) is 1.67. The van der Waals surface area contributed by atoms with Crippen molar-refractivity contribution in [3.63, 3.8) is 0 Å². The second-order valence-electron chi connectivity index (χ2n) is 6.37. The Kier molecular flexibility index (Phi) is 6.27. The van der Waals surface area contributed by atoms with Crippen LogP contribution >= 0.6 is 27.7 Å². The average molecular weight is 467 g/mol. The maximum atomic E-state index is 5.32. The van der Waals surface area contributed by atoms with Gasteiger partial charge in [0.25, 0.3) is 0 Å². The summed E-state index contributed by atoms with van der Waals surface area (Å²) in [5.74, 6) is 2.45. The van der Waals surface area contributed by atoms with Crippen LogP contribution in [0, 0.1) is 0 Å². The number of hydrogen-bond donors (Lipinski definition) is 0. The van der Waals surface area contributed by atoms with Gasteiger partial charge in [-0.2, -0.15) is 0 Å². The first-order valence-electron chi connectivity index (χ1n) is 9.07. The third-order valence-electron chi connectivity index (χ3n) is 4.42. The van der Waals surface area contributed by atoms with Crippen molar-refractivity contribution < 1.29 is 4.74 Å². The summed E-state index contributed by atoms with van der Waals surface area (Å²) in [5, 5.41) is 9.84. The van der Waals surface area contributed by atoms with E-state index in [0.29, 0.717) is 6.54 Å². The number of nitrogens with zero attached hydrogens (tertiary/aromatic N) is 4. The summed E-state index contributed by atoms with van der Waals surface area (Å²) >= 11 is 5.22. The van der Waals surface area contributed by atoms with Gasteiger partial charge in [-0.05, 0) is 51.3 Å². The summed E-state index contributed by atoms with van der Waals surface area (Å²) in [6, 6.07) is 20.4. The lowest BCUT2D eigenvalue weighted by Gasteiger charge is -2.11. The molecule has 0 aliphatic heterocycles. The number of methoxy groups -OCH3 is 1. The van der Waals surface area contributed by atoms with Crippen LogP contribution in [0.3, 0.4) is 0 Å². The molecular formula is C22H19BrN4OS. The van der Waals surface area contributed by atoms with E-state index in [2.05, 4.69) is 59.9 Å². The van der Waals surface area contributed by atoms with Crippen molar-refractivity contribution in [1.82, 2.24) is 19.7 Å². The molecule has 5 nitrogen and oxygen atoms in total. The van der Waals surface area contributed by atoms with Crippen LogP contribution in [0.15, 0.2) is 82.7 Å². The van der Waals surface area contributed by atoms with Gasteiger partial charge in [-0.3, -0.25) is 9.55 Å². The van der Waals surface area contributed by atoms with Gasteiger partial charge in [0.2, 0.25) is 0 Å². The van der Waals surface area contributed by atoms with Crippen LogP contribution in [0.5, 0.6) is 5.75 Å². The molecule has 4 aromatic rings. The highest BCUT2D eigenvalue weighted by molar-refractivity contribution is 9.10. The standard InChI is InChI=1S/C22H19BrN4OS/c1-28-20-8-7-17(13-19(20)23)15-29-22-26-25-21(18-9-11-24-12-10-18)27(22)14-16-5-3-2-4-6-16/h2-13H,14-15H2,1H3.